The maximum atomic E-state index is 12.8. The van der Waals surface area contributed by atoms with E-state index in [4.69, 9.17) is 50.5 Å². The van der Waals surface area contributed by atoms with Gasteiger partial charge < -0.3 is 59.3 Å². The number of benzene rings is 3. The minimum absolute atomic E-state index is 0.00343. The van der Waals surface area contributed by atoms with E-state index in [0.29, 0.717) is 16.3 Å². The molecule has 0 radical (unpaired) electrons. The van der Waals surface area contributed by atoms with Crippen molar-refractivity contribution in [2.24, 2.45) is 0 Å². The minimum atomic E-state index is -1.67. The Morgan fingerprint density at radius 2 is 1.55 bits per heavy atom. The van der Waals surface area contributed by atoms with Crippen LogP contribution < -0.4 is 5.73 Å². The van der Waals surface area contributed by atoms with Crippen molar-refractivity contribution in [3.8, 4) is 0 Å². The number of esters is 1. The van der Waals surface area contributed by atoms with E-state index in [0.717, 1.165) is 5.56 Å². The molecule has 14 heteroatoms. The number of carbonyl (C=O) groups is 1. The maximum absolute atomic E-state index is 12.8. The molecule has 0 aliphatic carbocycles. The van der Waals surface area contributed by atoms with Crippen molar-refractivity contribution in [1.29, 1.82) is 0 Å². The maximum Gasteiger partial charge on any atom is 0.338 e. The van der Waals surface area contributed by atoms with Gasteiger partial charge in [-0.2, -0.15) is 0 Å². The van der Waals surface area contributed by atoms with Gasteiger partial charge in [0.05, 0.1) is 29.5 Å². The third kappa shape index (κ3) is 7.61. The van der Waals surface area contributed by atoms with Crippen molar-refractivity contribution < 1.29 is 58.4 Å². The van der Waals surface area contributed by atoms with Crippen LogP contribution >= 0.6 is 11.6 Å². The van der Waals surface area contributed by atoms with E-state index in [1.54, 1.807) is 48.5 Å². The van der Waals surface area contributed by atoms with Crippen LogP contribution in [0.25, 0.3) is 0 Å². The van der Waals surface area contributed by atoms with Gasteiger partial charge in [-0.25, -0.2) is 4.79 Å². The predicted octanol–water partition coefficient (Wildman–Crippen LogP) is 1.69. The summed E-state index contributed by atoms with van der Waals surface area (Å²) in [6.07, 6.45) is -14.5. The number of nitrogens with two attached hydrogens (primary N) is 1. The fraction of sp³-hybridized carbons (Fsp3) is 0.424. The van der Waals surface area contributed by atoms with Crippen LogP contribution in [-0.2, 0) is 39.8 Å². The van der Waals surface area contributed by atoms with Gasteiger partial charge >= 0.3 is 5.97 Å². The zero-order valence-electron chi connectivity index (χ0n) is 25.0. The van der Waals surface area contributed by atoms with Gasteiger partial charge in [-0.1, -0.05) is 66.2 Å². The van der Waals surface area contributed by atoms with Crippen molar-refractivity contribution in [2.45, 2.75) is 74.3 Å². The lowest BCUT2D eigenvalue weighted by molar-refractivity contribution is -0.386. The number of aliphatic hydroxyl groups is 4. The van der Waals surface area contributed by atoms with Crippen LogP contribution in [0, 0.1) is 0 Å². The average molecular weight is 674 g/mol. The molecule has 3 fully saturated rings. The molecule has 0 saturated carbocycles. The highest BCUT2D eigenvalue weighted by Crippen LogP contribution is 2.36. The van der Waals surface area contributed by atoms with Gasteiger partial charge in [0, 0.05) is 5.56 Å². The lowest BCUT2D eigenvalue weighted by atomic mass is 9.96. The highest BCUT2D eigenvalue weighted by molar-refractivity contribution is 6.33. The summed E-state index contributed by atoms with van der Waals surface area (Å²) in [7, 11) is 0. The molecule has 11 atom stereocenters. The Hall–Kier alpha value is -3.18. The van der Waals surface area contributed by atoms with E-state index in [9.17, 15) is 25.2 Å². The number of fused-ring (bicyclic) bond motifs is 1. The van der Waals surface area contributed by atoms with Crippen LogP contribution in [0.4, 0.5) is 5.69 Å². The third-order valence-electron chi connectivity index (χ3n) is 8.20. The molecule has 0 spiro atoms. The summed E-state index contributed by atoms with van der Waals surface area (Å²) in [4.78, 5) is 12.8. The van der Waals surface area contributed by atoms with Crippen LogP contribution in [-0.4, -0.2) is 101 Å². The van der Waals surface area contributed by atoms with Crippen molar-refractivity contribution in [1.82, 2.24) is 0 Å². The number of anilines is 1. The molecule has 0 aromatic heterocycles. The molecule has 3 saturated heterocycles. The first kappa shape index (κ1) is 33.7. The summed E-state index contributed by atoms with van der Waals surface area (Å²) in [5, 5.41) is 44.7. The molecule has 3 aromatic rings. The second kappa shape index (κ2) is 14.9. The van der Waals surface area contributed by atoms with Gasteiger partial charge in [-0.3, -0.25) is 0 Å². The molecule has 13 nitrogen and oxygen atoms in total. The van der Waals surface area contributed by atoms with Crippen LogP contribution in [0.3, 0.4) is 0 Å². The molecule has 6 N–H and O–H groups in total. The zero-order valence-corrected chi connectivity index (χ0v) is 25.7. The Morgan fingerprint density at radius 3 is 2.28 bits per heavy atom. The monoisotopic (exact) mass is 673 g/mol. The molecular formula is C33H36ClNO12. The predicted molar refractivity (Wildman–Crippen MR) is 164 cm³/mol. The van der Waals surface area contributed by atoms with E-state index in [1.807, 2.05) is 30.3 Å². The second-order valence-electron chi connectivity index (χ2n) is 11.5. The lowest BCUT2D eigenvalue weighted by Crippen LogP contribution is -2.66. The first-order chi connectivity index (χ1) is 22.7. The van der Waals surface area contributed by atoms with Crippen LogP contribution in [0.1, 0.15) is 27.8 Å². The second-order valence-corrected chi connectivity index (χ2v) is 11.9. The number of halogens is 1. The highest BCUT2D eigenvalue weighted by Gasteiger charge is 2.53. The van der Waals surface area contributed by atoms with Crippen LogP contribution in [0.2, 0.25) is 5.02 Å². The zero-order chi connectivity index (χ0) is 33.1. The molecule has 252 valence electrons. The molecule has 6 rings (SSSR count). The Balaban J connectivity index is 1.16. The number of aliphatic hydroxyl groups excluding tert-OH is 4. The molecule has 0 amide bonds. The van der Waals surface area contributed by atoms with Gasteiger partial charge in [-0.05, 0) is 29.8 Å². The summed E-state index contributed by atoms with van der Waals surface area (Å²) in [5.41, 5.74) is 7.84. The van der Waals surface area contributed by atoms with Gasteiger partial charge in [-0.15, -0.1) is 0 Å². The summed E-state index contributed by atoms with van der Waals surface area (Å²) in [6, 6.07) is 22.2. The SMILES string of the molecule is Nc1cc(CO[C@@H]2O[C@H](COC(=O)c3ccccc3)[C@@H](O[C@H]3O[C@@H]4COC(c5ccccc5)O[C@H]4[C@H](O)[C@H]3O)[C@H](O)[C@H]2O)ccc1Cl. The van der Waals surface area contributed by atoms with Crippen LogP contribution in [0.5, 0.6) is 0 Å². The van der Waals surface area contributed by atoms with Crippen molar-refractivity contribution >= 4 is 23.3 Å². The van der Waals surface area contributed by atoms with E-state index < -0.39 is 80.3 Å². The molecule has 3 aromatic carbocycles. The summed E-state index contributed by atoms with van der Waals surface area (Å²) >= 11 is 6.00. The Labute approximate surface area is 275 Å². The largest absolute Gasteiger partial charge is 0.459 e. The molecular weight excluding hydrogens is 638 g/mol. The van der Waals surface area contributed by atoms with Crippen LogP contribution in [0.15, 0.2) is 78.9 Å². The molecule has 47 heavy (non-hydrogen) atoms. The lowest BCUT2D eigenvalue weighted by Gasteiger charge is -2.48. The van der Waals surface area contributed by atoms with Gasteiger partial charge in [0.15, 0.2) is 18.9 Å². The first-order valence-electron chi connectivity index (χ1n) is 15.1. The smallest absolute Gasteiger partial charge is 0.338 e. The number of rotatable bonds is 9. The third-order valence-corrected chi connectivity index (χ3v) is 8.54. The fourth-order valence-corrected chi connectivity index (χ4v) is 5.76. The van der Waals surface area contributed by atoms with E-state index in [1.165, 1.54) is 0 Å². The molecule has 1 unspecified atom stereocenters. The van der Waals surface area contributed by atoms with E-state index in [2.05, 4.69) is 0 Å². The fourth-order valence-electron chi connectivity index (χ4n) is 5.65. The topological polar surface area (TPSA) is 189 Å². The van der Waals surface area contributed by atoms with Gasteiger partial charge in [0.2, 0.25) is 0 Å². The average Bonchev–Trinajstić information content (AvgIpc) is 3.10. The van der Waals surface area contributed by atoms with E-state index in [-0.39, 0.29) is 18.8 Å². The quantitative estimate of drug-likeness (QED) is 0.163. The molecule has 3 aliphatic rings. The highest BCUT2D eigenvalue weighted by atomic mass is 35.5. The summed E-state index contributed by atoms with van der Waals surface area (Å²) < 4.78 is 40.9. The first-order valence-corrected chi connectivity index (χ1v) is 15.5. The summed E-state index contributed by atoms with van der Waals surface area (Å²) in [5.74, 6) is -0.667. The van der Waals surface area contributed by atoms with Crippen molar-refractivity contribution in [3.05, 3.63) is 101 Å². The Morgan fingerprint density at radius 1 is 0.851 bits per heavy atom. The number of hydrogen-bond donors (Lipinski definition) is 5. The van der Waals surface area contributed by atoms with Gasteiger partial charge in [0.1, 0.15) is 55.4 Å². The molecule has 0 bridgehead atoms. The molecule has 3 aliphatic heterocycles. The number of ether oxygens (including phenoxy) is 7. The number of hydrogen-bond acceptors (Lipinski definition) is 13. The summed E-state index contributed by atoms with van der Waals surface area (Å²) in [6.45, 7) is -0.497. The van der Waals surface area contributed by atoms with Crippen molar-refractivity contribution in [2.75, 3.05) is 18.9 Å². The number of nitrogen functional groups attached to an aromatic ring is 1. The van der Waals surface area contributed by atoms with E-state index >= 15 is 0 Å². The van der Waals surface area contributed by atoms with Crippen molar-refractivity contribution in [3.63, 3.8) is 0 Å². The Kier molecular flexibility index (Phi) is 10.7. The number of carbonyl (C=O) groups excluding carboxylic acids is 1. The minimum Gasteiger partial charge on any atom is -0.459 e. The van der Waals surface area contributed by atoms with Gasteiger partial charge in [0.25, 0.3) is 0 Å². The molecule has 3 heterocycles. The normalized spacial score (nSPS) is 33.9. The Bertz CT molecular complexity index is 1480. The standard InChI is InChI=1S/C33H36ClNO12/c34-20-12-11-17(13-21(20)35)14-42-32-26(38)24(36)29(22(44-32)15-41-30(40)18-7-3-1-4-8-18)47-33-27(39)25(37)28-23(45-33)16-43-31(46-28)19-9-5-2-6-10-19/h1-13,22-29,31-33,36-39H,14-16,35H2/t22-,23-,24-,25-,26-,27-,28-,29-,31?,32-,33-/m1/s1.